The molecule has 0 radical (unpaired) electrons. The summed E-state index contributed by atoms with van der Waals surface area (Å²) in [6, 6.07) is 3.78. The van der Waals surface area contributed by atoms with Crippen LogP contribution < -0.4 is 0 Å². The molecule has 178 valence electrons. The first kappa shape index (κ1) is 23.4. The number of carbonyl (C=O) groups is 1. The van der Waals surface area contributed by atoms with Crippen molar-refractivity contribution in [1.82, 2.24) is 14.1 Å². The van der Waals surface area contributed by atoms with E-state index in [0.29, 0.717) is 40.9 Å². The Labute approximate surface area is 192 Å². The number of fused-ring (bicyclic) bond motifs is 1. The second kappa shape index (κ2) is 8.90. The summed E-state index contributed by atoms with van der Waals surface area (Å²) in [6.45, 7) is 6.26. The summed E-state index contributed by atoms with van der Waals surface area (Å²) in [5, 5.41) is 14.3. The maximum atomic E-state index is 14.0. The third-order valence-corrected chi connectivity index (χ3v) is 8.03. The molecule has 0 bridgehead atoms. The summed E-state index contributed by atoms with van der Waals surface area (Å²) in [5.74, 6) is -0.817. The second-order valence-corrected chi connectivity index (χ2v) is 10.9. The van der Waals surface area contributed by atoms with Gasteiger partial charge in [-0.25, -0.2) is 12.8 Å². The SMILES string of the molecule is CC(C)OC1=CC=C(S(=O)(=O)N2C[C@H](C)[C@@H](n3nc(CC(=O)O)c4ccc(F)cc43)C2)CC1. The fourth-order valence-corrected chi connectivity index (χ4v) is 6.22. The zero-order valence-corrected chi connectivity index (χ0v) is 19.7. The molecule has 1 aromatic carbocycles. The van der Waals surface area contributed by atoms with Gasteiger partial charge in [0.1, 0.15) is 5.82 Å². The van der Waals surface area contributed by atoms with Crippen molar-refractivity contribution in [3.8, 4) is 0 Å². The van der Waals surface area contributed by atoms with E-state index in [2.05, 4.69) is 5.10 Å². The highest BCUT2D eigenvalue weighted by molar-refractivity contribution is 7.93. The van der Waals surface area contributed by atoms with Gasteiger partial charge in [-0.3, -0.25) is 9.48 Å². The average Bonchev–Trinajstić information content (AvgIpc) is 3.28. The number of nitrogens with zero attached hydrogens (tertiary/aromatic N) is 3. The zero-order chi connectivity index (χ0) is 23.9. The van der Waals surface area contributed by atoms with Crippen LogP contribution in [0.5, 0.6) is 0 Å². The molecule has 0 saturated carbocycles. The summed E-state index contributed by atoms with van der Waals surface area (Å²) >= 11 is 0. The van der Waals surface area contributed by atoms with E-state index < -0.39 is 21.8 Å². The molecule has 1 fully saturated rings. The highest BCUT2D eigenvalue weighted by Crippen LogP contribution is 2.36. The highest BCUT2D eigenvalue weighted by Gasteiger charge is 2.40. The molecule has 1 N–H and O–H groups in total. The lowest BCUT2D eigenvalue weighted by molar-refractivity contribution is -0.136. The van der Waals surface area contributed by atoms with Gasteiger partial charge in [-0.05, 0) is 56.5 Å². The van der Waals surface area contributed by atoms with Crippen LogP contribution in [0.4, 0.5) is 4.39 Å². The minimum Gasteiger partial charge on any atom is -0.495 e. The predicted octanol–water partition coefficient (Wildman–Crippen LogP) is 3.61. The number of carboxylic acids is 1. The van der Waals surface area contributed by atoms with Gasteiger partial charge in [0.25, 0.3) is 0 Å². The number of allylic oxidation sites excluding steroid dienone is 4. The summed E-state index contributed by atoms with van der Waals surface area (Å²) < 4.78 is 49.4. The Hall–Kier alpha value is -2.72. The van der Waals surface area contributed by atoms with E-state index in [0.717, 1.165) is 5.76 Å². The van der Waals surface area contributed by atoms with E-state index in [1.807, 2.05) is 20.8 Å². The number of rotatable bonds is 7. The lowest BCUT2D eigenvalue weighted by atomic mass is 10.1. The Morgan fingerprint density at radius 3 is 2.67 bits per heavy atom. The Balaban J connectivity index is 1.63. The molecule has 1 aliphatic heterocycles. The molecule has 1 aromatic heterocycles. The average molecular weight is 478 g/mol. The number of sulfonamides is 1. The Morgan fingerprint density at radius 1 is 1.27 bits per heavy atom. The lowest BCUT2D eigenvalue weighted by Gasteiger charge is -2.22. The van der Waals surface area contributed by atoms with Crippen molar-refractivity contribution in [1.29, 1.82) is 0 Å². The molecule has 4 rings (SSSR count). The molecule has 0 amide bonds. The predicted molar refractivity (Wildman–Crippen MR) is 121 cm³/mol. The molecule has 33 heavy (non-hydrogen) atoms. The van der Waals surface area contributed by atoms with E-state index in [-0.39, 0.29) is 31.0 Å². The smallest absolute Gasteiger partial charge is 0.309 e. The maximum Gasteiger partial charge on any atom is 0.309 e. The Bertz CT molecular complexity index is 1250. The topological polar surface area (TPSA) is 102 Å². The Kier molecular flexibility index (Phi) is 6.32. The molecular formula is C23H28FN3O5S. The number of halogens is 1. The van der Waals surface area contributed by atoms with Crippen LogP contribution in [0.15, 0.2) is 41.0 Å². The highest BCUT2D eigenvalue weighted by atomic mass is 32.2. The van der Waals surface area contributed by atoms with E-state index in [4.69, 9.17) is 4.74 Å². The number of benzene rings is 1. The van der Waals surface area contributed by atoms with Gasteiger partial charge in [-0.15, -0.1) is 0 Å². The van der Waals surface area contributed by atoms with E-state index in [9.17, 15) is 22.7 Å². The number of hydrogen-bond donors (Lipinski definition) is 1. The van der Waals surface area contributed by atoms with Gasteiger partial charge in [0.2, 0.25) is 10.0 Å². The van der Waals surface area contributed by atoms with Gasteiger partial charge in [0, 0.05) is 24.9 Å². The van der Waals surface area contributed by atoms with E-state index in [1.165, 1.54) is 22.5 Å². The van der Waals surface area contributed by atoms with Crippen molar-refractivity contribution in [3.63, 3.8) is 0 Å². The van der Waals surface area contributed by atoms with Gasteiger partial charge in [-0.1, -0.05) is 6.92 Å². The van der Waals surface area contributed by atoms with Crippen LogP contribution in [-0.4, -0.2) is 52.8 Å². The number of hydrogen-bond acceptors (Lipinski definition) is 5. The van der Waals surface area contributed by atoms with Gasteiger partial charge in [0.05, 0.1) is 40.4 Å². The summed E-state index contributed by atoms with van der Waals surface area (Å²) in [4.78, 5) is 11.6. The fraction of sp³-hybridized carbons (Fsp3) is 0.478. The zero-order valence-electron chi connectivity index (χ0n) is 18.9. The van der Waals surface area contributed by atoms with Gasteiger partial charge in [0.15, 0.2) is 0 Å². The van der Waals surface area contributed by atoms with Crippen molar-refractivity contribution >= 4 is 26.9 Å². The summed E-state index contributed by atoms with van der Waals surface area (Å²) in [6.07, 6.45) is 3.96. The van der Waals surface area contributed by atoms with Crippen molar-refractivity contribution in [2.75, 3.05) is 13.1 Å². The molecule has 2 heterocycles. The maximum absolute atomic E-state index is 14.0. The van der Waals surface area contributed by atoms with E-state index in [1.54, 1.807) is 16.8 Å². The van der Waals surface area contributed by atoms with Crippen molar-refractivity contribution in [2.24, 2.45) is 5.92 Å². The Morgan fingerprint density at radius 2 is 2.03 bits per heavy atom. The van der Waals surface area contributed by atoms with Crippen LogP contribution in [0.1, 0.15) is 45.3 Å². The van der Waals surface area contributed by atoms with Crippen molar-refractivity contribution in [2.45, 2.75) is 52.2 Å². The minimum atomic E-state index is -3.68. The quantitative estimate of drug-likeness (QED) is 0.654. The second-order valence-electron chi connectivity index (χ2n) is 8.92. The first-order chi connectivity index (χ1) is 15.6. The van der Waals surface area contributed by atoms with Crippen LogP contribution in [0.25, 0.3) is 10.9 Å². The number of ether oxygens (including phenoxy) is 1. The molecule has 1 saturated heterocycles. The molecule has 0 spiro atoms. The number of aliphatic carboxylic acids is 1. The lowest BCUT2D eigenvalue weighted by Crippen LogP contribution is -2.31. The molecule has 2 aliphatic rings. The normalized spacial score (nSPS) is 22.0. The van der Waals surface area contributed by atoms with Crippen LogP contribution in [-0.2, 0) is 26.0 Å². The monoisotopic (exact) mass is 477 g/mol. The molecule has 0 unspecified atom stereocenters. The van der Waals surface area contributed by atoms with Crippen molar-refractivity contribution < 1.29 is 27.4 Å². The molecule has 2 aromatic rings. The molecular weight excluding hydrogens is 449 g/mol. The molecule has 2 atom stereocenters. The third-order valence-electron chi connectivity index (χ3n) is 6.05. The third kappa shape index (κ3) is 4.67. The van der Waals surface area contributed by atoms with Crippen LogP contribution >= 0.6 is 0 Å². The standard InChI is InChI=1S/C23H28FN3O5S/c1-14(2)32-17-5-7-18(8-6-17)33(30,31)26-12-15(3)22(13-26)27-21-10-16(24)4-9-19(21)20(25-27)11-23(28)29/h4-5,7,9-10,14-15,22H,6,8,11-13H2,1-3H3,(H,28,29)/t15-,22-/m0/s1. The summed E-state index contributed by atoms with van der Waals surface area (Å²) in [5.41, 5.74) is 0.807. The first-order valence-electron chi connectivity index (χ1n) is 11.0. The largest absolute Gasteiger partial charge is 0.495 e. The number of aromatic nitrogens is 2. The minimum absolute atomic E-state index is 0.0303. The van der Waals surface area contributed by atoms with Gasteiger partial charge >= 0.3 is 5.97 Å². The molecule has 1 aliphatic carbocycles. The van der Waals surface area contributed by atoms with Crippen LogP contribution in [0.2, 0.25) is 0 Å². The molecule has 10 heteroatoms. The van der Waals surface area contributed by atoms with Crippen molar-refractivity contribution in [3.05, 3.63) is 52.5 Å². The number of carboxylic acid groups (broad SMARTS) is 1. The first-order valence-corrected chi connectivity index (χ1v) is 12.4. The summed E-state index contributed by atoms with van der Waals surface area (Å²) in [7, 11) is -3.68. The van der Waals surface area contributed by atoms with Gasteiger partial charge < -0.3 is 9.84 Å². The molecule has 8 nitrogen and oxygen atoms in total. The van der Waals surface area contributed by atoms with Crippen LogP contribution in [0, 0.1) is 11.7 Å². The fourth-order valence-electron chi connectivity index (χ4n) is 4.50. The van der Waals surface area contributed by atoms with Gasteiger partial charge in [-0.2, -0.15) is 9.40 Å². The van der Waals surface area contributed by atoms with E-state index >= 15 is 0 Å². The van der Waals surface area contributed by atoms with Crippen LogP contribution in [0.3, 0.4) is 0 Å².